The summed E-state index contributed by atoms with van der Waals surface area (Å²) in [6.45, 7) is 0. The van der Waals surface area contributed by atoms with Crippen LogP contribution in [0.1, 0.15) is 22.1 Å². The van der Waals surface area contributed by atoms with Crippen molar-refractivity contribution in [3.63, 3.8) is 0 Å². The van der Waals surface area contributed by atoms with Gasteiger partial charge in [-0.1, -0.05) is 6.07 Å². The summed E-state index contributed by atoms with van der Waals surface area (Å²) < 4.78 is 0. The molecule has 0 bridgehead atoms. The summed E-state index contributed by atoms with van der Waals surface area (Å²) >= 11 is 0. The fourth-order valence-corrected chi connectivity index (χ4v) is 0.785. The third-order valence-corrected chi connectivity index (χ3v) is 1.36. The van der Waals surface area contributed by atoms with Crippen molar-refractivity contribution in [3.8, 4) is 0 Å². The van der Waals surface area contributed by atoms with E-state index in [-0.39, 0.29) is 42.1 Å². The molecule has 1 rings (SSSR count). The van der Waals surface area contributed by atoms with E-state index in [1.54, 1.807) is 0 Å². The van der Waals surface area contributed by atoms with Gasteiger partial charge in [-0.3, -0.25) is 0 Å². The molecule has 1 aromatic carbocycles. The van der Waals surface area contributed by atoms with Crippen LogP contribution >= 0.6 is 0 Å². The molecular formula is C8H7NaO4. The molecule has 0 saturated heterocycles. The van der Waals surface area contributed by atoms with E-state index in [0.717, 1.165) is 6.07 Å². The number of carboxylic acids is 2. The van der Waals surface area contributed by atoms with Gasteiger partial charge < -0.3 is 11.6 Å². The molecule has 0 unspecified atom stereocenters. The Kier molecular flexibility index (Phi) is 4.69. The van der Waals surface area contributed by atoms with Gasteiger partial charge in [0.05, 0.1) is 11.1 Å². The van der Waals surface area contributed by atoms with E-state index in [1.165, 1.54) is 18.2 Å². The van der Waals surface area contributed by atoms with Crippen molar-refractivity contribution in [1.29, 1.82) is 0 Å². The van der Waals surface area contributed by atoms with Crippen LogP contribution in [-0.2, 0) is 0 Å². The van der Waals surface area contributed by atoms with E-state index >= 15 is 0 Å². The third-order valence-electron chi connectivity index (χ3n) is 1.36. The molecule has 0 fully saturated rings. The van der Waals surface area contributed by atoms with Crippen LogP contribution in [0.15, 0.2) is 24.3 Å². The Morgan fingerprint density at radius 1 is 1.08 bits per heavy atom. The van der Waals surface area contributed by atoms with Crippen LogP contribution in [0.4, 0.5) is 0 Å². The summed E-state index contributed by atoms with van der Waals surface area (Å²) in [7, 11) is 0. The molecule has 0 amide bonds. The van der Waals surface area contributed by atoms with Crippen LogP contribution in [0, 0.1) is 0 Å². The van der Waals surface area contributed by atoms with Crippen molar-refractivity contribution in [1.82, 2.24) is 0 Å². The van der Waals surface area contributed by atoms with Crippen LogP contribution in [-0.4, -0.2) is 22.2 Å². The van der Waals surface area contributed by atoms with Gasteiger partial charge in [0.25, 0.3) is 0 Å². The summed E-state index contributed by atoms with van der Waals surface area (Å²) in [5, 5.41) is 17.0. The van der Waals surface area contributed by atoms with Crippen LogP contribution in [0.25, 0.3) is 0 Å². The van der Waals surface area contributed by atoms with Gasteiger partial charge in [-0.2, -0.15) is 0 Å². The fraction of sp³-hybridized carbons (Fsp3) is 0. The van der Waals surface area contributed by atoms with Crippen molar-refractivity contribution in [2.75, 3.05) is 0 Å². The van der Waals surface area contributed by atoms with Crippen molar-refractivity contribution < 1.29 is 50.8 Å². The molecule has 4 nitrogen and oxygen atoms in total. The van der Waals surface area contributed by atoms with E-state index in [9.17, 15) is 9.59 Å². The molecule has 0 aromatic heterocycles. The molecule has 0 aliphatic heterocycles. The average molecular weight is 190 g/mol. The van der Waals surface area contributed by atoms with E-state index in [4.69, 9.17) is 10.2 Å². The molecule has 0 radical (unpaired) electrons. The van der Waals surface area contributed by atoms with Crippen molar-refractivity contribution >= 4 is 11.9 Å². The molecule has 64 valence electrons. The molecular weight excluding hydrogens is 183 g/mol. The maximum absolute atomic E-state index is 10.4. The monoisotopic (exact) mass is 190 g/mol. The zero-order chi connectivity index (χ0) is 9.14. The van der Waals surface area contributed by atoms with Crippen LogP contribution in [0.5, 0.6) is 0 Å². The van der Waals surface area contributed by atoms with Crippen LogP contribution < -0.4 is 29.6 Å². The Bertz CT molecular complexity index is 311. The van der Waals surface area contributed by atoms with E-state index in [0.29, 0.717) is 0 Å². The summed E-state index contributed by atoms with van der Waals surface area (Å²) in [5.41, 5.74) is -0.0372. The SMILES string of the molecule is O=C(O)c1cccc(C(=O)O)c1.[H-].[Na+]. The van der Waals surface area contributed by atoms with Crippen molar-refractivity contribution in [3.05, 3.63) is 35.4 Å². The molecule has 0 saturated carbocycles. The number of aromatic carboxylic acids is 2. The molecule has 0 heterocycles. The molecule has 13 heavy (non-hydrogen) atoms. The van der Waals surface area contributed by atoms with Gasteiger partial charge in [0.1, 0.15) is 0 Å². The Morgan fingerprint density at radius 3 is 1.77 bits per heavy atom. The van der Waals surface area contributed by atoms with Crippen molar-refractivity contribution in [2.24, 2.45) is 0 Å². The molecule has 1 aromatic rings. The first kappa shape index (κ1) is 12.2. The summed E-state index contributed by atoms with van der Waals surface area (Å²) in [6, 6.07) is 5.20. The minimum absolute atomic E-state index is 0. The molecule has 0 aliphatic carbocycles. The minimum atomic E-state index is -1.13. The van der Waals surface area contributed by atoms with Gasteiger partial charge in [0, 0.05) is 0 Å². The predicted molar refractivity (Wildman–Crippen MR) is 41.5 cm³/mol. The van der Waals surface area contributed by atoms with E-state index in [1.807, 2.05) is 0 Å². The first-order valence-corrected chi connectivity index (χ1v) is 3.18. The number of hydrogen-bond acceptors (Lipinski definition) is 2. The van der Waals surface area contributed by atoms with Gasteiger partial charge in [0.2, 0.25) is 0 Å². The molecule has 5 heteroatoms. The smallest absolute Gasteiger partial charge is 1.00 e. The maximum atomic E-state index is 10.4. The van der Waals surface area contributed by atoms with Gasteiger partial charge in [-0.25, -0.2) is 9.59 Å². The maximum Gasteiger partial charge on any atom is 1.00 e. The largest absolute Gasteiger partial charge is 1.00 e. The van der Waals surface area contributed by atoms with Crippen molar-refractivity contribution in [2.45, 2.75) is 0 Å². The topological polar surface area (TPSA) is 74.6 Å². The minimum Gasteiger partial charge on any atom is -1.00 e. The zero-order valence-electron chi connectivity index (χ0n) is 8.02. The van der Waals surface area contributed by atoms with Crippen LogP contribution in [0.3, 0.4) is 0 Å². The first-order chi connectivity index (χ1) is 5.61. The second-order valence-electron chi connectivity index (χ2n) is 2.19. The number of carboxylic acid groups (broad SMARTS) is 2. The standard InChI is InChI=1S/C8H6O4.Na.H/c9-7(10)5-2-1-3-6(4-5)8(11)12;;/h1-4H,(H,9,10)(H,11,12);;/q;+1;-1. The quantitative estimate of drug-likeness (QED) is 0.539. The van der Waals surface area contributed by atoms with E-state index < -0.39 is 11.9 Å². The number of benzene rings is 1. The molecule has 0 spiro atoms. The van der Waals surface area contributed by atoms with Crippen LogP contribution in [0.2, 0.25) is 0 Å². The van der Waals surface area contributed by atoms with Gasteiger partial charge >= 0.3 is 41.5 Å². The summed E-state index contributed by atoms with van der Waals surface area (Å²) in [6.07, 6.45) is 0. The van der Waals surface area contributed by atoms with E-state index in [2.05, 4.69) is 0 Å². The Hall–Kier alpha value is -0.840. The first-order valence-electron chi connectivity index (χ1n) is 3.18. The second-order valence-corrected chi connectivity index (χ2v) is 2.19. The van der Waals surface area contributed by atoms with Gasteiger partial charge in [0.15, 0.2) is 0 Å². The van der Waals surface area contributed by atoms with Gasteiger partial charge in [-0.15, -0.1) is 0 Å². The number of carbonyl (C=O) groups is 2. The predicted octanol–water partition coefficient (Wildman–Crippen LogP) is -1.80. The average Bonchev–Trinajstić information content (AvgIpc) is 2.04. The third kappa shape index (κ3) is 3.18. The Morgan fingerprint density at radius 2 is 1.46 bits per heavy atom. The summed E-state index contributed by atoms with van der Waals surface area (Å²) in [5.74, 6) is -2.25. The molecule has 0 atom stereocenters. The normalized spacial score (nSPS) is 8.62. The number of hydrogen-bond donors (Lipinski definition) is 2. The second kappa shape index (κ2) is 5.01. The number of rotatable bonds is 2. The fourth-order valence-electron chi connectivity index (χ4n) is 0.785. The Labute approximate surface area is 98.0 Å². The molecule has 0 aliphatic rings. The Balaban J connectivity index is 0. The summed E-state index contributed by atoms with van der Waals surface area (Å²) in [4.78, 5) is 20.8. The molecule has 2 N–H and O–H groups in total. The van der Waals surface area contributed by atoms with Gasteiger partial charge in [-0.05, 0) is 18.2 Å². The zero-order valence-corrected chi connectivity index (χ0v) is 9.02.